The van der Waals surface area contributed by atoms with Crippen molar-refractivity contribution in [1.29, 1.82) is 0 Å². The molecule has 2 saturated heterocycles. The molecule has 0 N–H and O–H groups in total. The van der Waals surface area contributed by atoms with Crippen molar-refractivity contribution in [3.05, 3.63) is 126 Å². The number of carbonyl (C=O) groups is 2. The number of hydroxylamine groups is 1. The molecule has 2 aliphatic heterocycles. The lowest BCUT2D eigenvalue weighted by molar-refractivity contribution is -0.126. The maximum Gasteiger partial charge on any atom is 0.266 e. The van der Waals surface area contributed by atoms with Crippen LogP contribution in [0.3, 0.4) is 0 Å². The van der Waals surface area contributed by atoms with Gasteiger partial charge in [-0.15, -0.1) is 0 Å². The number of fused-ring (bicyclic) bond motifs is 1. The number of ether oxygens (including phenoxy) is 1. The Morgan fingerprint density at radius 2 is 1.25 bits per heavy atom. The highest BCUT2D eigenvalue weighted by Gasteiger charge is 2.60. The van der Waals surface area contributed by atoms with E-state index in [0.29, 0.717) is 12.3 Å². The summed E-state index contributed by atoms with van der Waals surface area (Å²) in [5.74, 6) is -0.551. The standard InChI is InChI=1S/C30H24N2O4/c33-29-26-27(22-16-18-25(19-17-22)35-20-21-10-4-1-5-11-21)32(24-14-8-3-9-15-24)36-28(26)30(34)31(29)23-12-6-2-7-13-23/h1-19,26-28H,20H2/t26-,27+,28+/m0/s1. The number of hydrogen-bond donors (Lipinski definition) is 0. The molecule has 6 heteroatoms. The van der Waals surface area contributed by atoms with Crippen molar-refractivity contribution in [3.8, 4) is 5.75 Å². The molecule has 4 aromatic carbocycles. The summed E-state index contributed by atoms with van der Waals surface area (Å²) in [6.07, 6.45) is -0.892. The van der Waals surface area contributed by atoms with E-state index in [1.807, 2.05) is 103 Å². The van der Waals surface area contributed by atoms with Gasteiger partial charge in [0.2, 0.25) is 5.91 Å². The summed E-state index contributed by atoms with van der Waals surface area (Å²) in [4.78, 5) is 34.5. The maximum absolute atomic E-state index is 13.7. The summed E-state index contributed by atoms with van der Waals surface area (Å²) in [7, 11) is 0. The first-order valence-corrected chi connectivity index (χ1v) is 11.9. The van der Waals surface area contributed by atoms with E-state index in [9.17, 15) is 9.59 Å². The van der Waals surface area contributed by atoms with E-state index in [1.54, 1.807) is 17.2 Å². The third kappa shape index (κ3) is 3.91. The zero-order valence-corrected chi connectivity index (χ0v) is 19.4. The van der Waals surface area contributed by atoms with Gasteiger partial charge in [0.05, 0.1) is 17.4 Å². The van der Waals surface area contributed by atoms with Crippen LogP contribution in [0.4, 0.5) is 11.4 Å². The molecule has 2 amide bonds. The Hall–Kier alpha value is -4.42. The Labute approximate surface area is 209 Å². The van der Waals surface area contributed by atoms with Crippen molar-refractivity contribution in [2.45, 2.75) is 18.8 Å². The first kappa shape index (κ1) is 22.1. The molecule has 2 aliphatic rings. The van der Waals surface area contributed by atoms with Crippen LogP contribution in [-0.2, 0) is 21.0 Å². The summed E-state index contributed by atoms with van der Waals surface area (Å²) >= 11 is 0. The fourth-order valence-electron chi connectivity index (χ4n) is 4.89. The molecule has 36 heavy (non-hydrogen) atoms. The molecule has 2 fully saturated rings. The SMILES string of the molecule is O=C1[C@H]2[C@@H](c3ccc(OCc4ccccc4)cc3)N(c3ccccc3)O[C@H]2C(=O)N1c1ccccc1. The van der Waals surface area contributed by atoms with Crippen molar-refractivity contribution >= 4 is 23.2 Å². The molecule has 0 unspecified atom stereocenters. The van der Waals surface area contributed by atoms with Gasteiger partial charge in [0.1, 0.15) is 18.3 Å². The second kappa shape index (κ2) is 9.32. The van der Waals surface area contributed by atoms with E-state index in [0.717, 1.165) is 22.6 Å². The van der Waals surface area contributed by atoms with E-state index in [2.05, 4.69) is 0 Å². The minimum absolute atomic E-state index is 0.260. The highest BCUT2D eigenvalue weighted by atomic mass is 16.7. The maximum atomic E-state index is 13.7. The van der Waals surface area contributed by atoms with Crippen LogP contribution in [0, 0.1) is 5.92 Å². The van der Waals surface area contributed by atoms with Gasteiger partial charge in [-0.25, -0.2) is 9.96 Å². The van der Waals surface area contributed by atoms with Gasteiger partial charge in [0.15, 0.2) is 6.10 Å². The van der Waals surface area contributed by atoms with Crippen molar-refractivity contribution in [2.24, 2.45) is 5.92 Å². The van der Waals surface area contributed by atoms with E-state index in [1.165, 1.54) is 4.90 Å². The predicted molar refractivity (Wildman–Crippen MR) is 136 cm³/mol. The normalized spacial score (nSPS) is 21.1. The fraction of sp³-hybridized carbons (Fsp3) is 0.133. The van der Waals surface area contributed by atoms with Crippen LogP contribution < -0.4 is 14.7 Å². The van der Waals surface area contributed by atoms with Gasteiger partial charge in [0, 0.05) is 0 Å². The van der Waals surface area contributed by atoms with Gasteiger partial charge in [-0.05, 0) is 47.5 Å². The lowest BCUT2D eigenvalue weighted by Crippen LogP contribution is -2.37. The Kier molecular flexibility index (Phi) is 5.71. The van der Waals surface area contributed by atoms with Crippen LogP contribution in [0.2, 0.25) is 0 Å². The molecule has 4 aromatic rings. The highest BCUT2D eigenvalue weighted by Crippen LogP contribution is 2.47. The van der Waals surface area contributed by atoms with Gasteiger partial charge < -0.3 is 4.74 Å². The van der Waals surface area contributed by atoms with E-state index in [-0.39, 0.29) is 11.8 Å². The number of hydrogen-bond acceptors (Lipinski definition) is 5. The predicted octanol–water partition coefficient (Wildman–Crippen LogP) is 5.32. The lowest BCUT2D eigenvalue weighted by atomic mass is 9.90. The average Bonchev–Trinajstić information content (AvgIpc) is 3.45. The monoisotopic (exact) mass is 476 g/mol. The molecule has 6 rings (SSSR count). The number of para-hydroxylation sites is 2. The number of anilines is 2. The summed E-state index contributed by atoms with van der Waals surface area (Å²) < 4.78 is 5.95. The molecular weight excluding hydrogens is 452 g/mol. The van der Waals surface area contributed by atoms with Crippen LogP contribution in [0.1, 0.15) is 17.2 Å². The van der Waals surface area contributed by atoms with E-state index in [4.69, 9.17) is 9.57 Å². The van der Waals surface area contributed by atoms with Crippen LogP contribution >= 0.6 is 0 Å². The van der Waals surface area contributed by atoms with Crippen LogP contribution in [0.25, 0.3) is 0 Å². The zero-order valence-electron chi connectivity index (χ0n) is 19.4. The average molecular weight is 477 g/mol. The molecule has 6 nitrogen and oxygen atoms in total. The third-order valence-corrected chi connectivity index (χ3v) is 6.61. The van der Waals surface area contributed by atoms with Gasteiger partial charge in [-0.2, -0.15) is 0 Å². The van der Waals surface area contributed by atoms with E-state index >= 15 is 0 Å². The molecular formula is C30H24N2O4. The number of rotatable bonds is 6. The van der Waals surface area contributed by atoms with Gasteiger partial charge in [0.25, 0.3) is 5.91 Å². The molecule has 2 heterocycles. The third-order valence-electron chi connectivity index (χ3n) is 6.61. The van der Waals surface area contributed by atoms with Crippen molar-refractivity contribution in [1.82, 2.24) is 0 Å². The molecule has 0 spiro atoms. The molecule has 0 radical (unpaired) electrons. The molecule has 3 atom stereocenters. The molecule has 0 bridgehead atoms. The smallest absolute Gasteiger partial charge is 0.266 e. The Morgan fingerprint density at radius 3 is 1.89 bits per heavy atom. The first-order chi connectivity index (χ1) is 17.7. The molecule has 178 valence electrons. The molecule has 0 aliphatic carbocycles. The lowest BCUT2D eigenvalue weighted by Gasteiger charge is -2.28. The summed E-state index contributed by atoms with van der Waals surface area (Å²) in [5.41, 5.74) is 3.29. The number of nitrogens with zero attached hydrogens (tertiary/aromatic N) is 2. The minimum Gasteiger partial charge on any atom is -0.489 e. The van der Waals surface area contributed by atoms with Crippen LogP contribution in [0.15, 0.2) is 115 Å². The fourth-order valence-corrected chi connectivity index (χ4v) is 4.89. The van der Waals surface area contributed by atoms with Crippen LogP contribution in [-0.4, -0.2) is 17.9 Å². The number of amides is 2. The van der Waals surface area contributed by atoms with Gasteiger partial charge >= 0.3 is 0 Å². The Balaban J connectivity index is 1.31. The number of carbonyl (C=O) groups excluding carboxylic acids is 2. The number of imide groups is 1. The van der Waals surface area contributed by atoms with Crippen molar-refractivity contribution in [2.75, 3.05) is 9.96 Å². The summed E-state index contributed by atoms with van der Waals surface area (Å²) in [5, 5.41) is 1.70. The van der Waals surface area contributed by atoms with Crippen molar-refractivity contribution < 1.29 is 19.2 Å². The quantitative estimate of drug-likeness (QED) is 0.353. The minimum atomic E-state index is -0.892. The van der Waals surface area contributed by atoms with Crippen molar-refractivity contribution in [3.63, 3.8) is 0 Å². The van der Waals surface area contributed by atoms with Gasteiger partial charge in [-0.1, -0.05) is 78.9 Å². The molecule has 0 saturated carbocycles. The zero-order chi connectivity index (χ0) is 24.5. The first-order valence-electron chi connectivity index (χ1n) is 11.9. The van der Waals surface area contributed by atoms with E-state index < -0.39 is 18.1 Å². The Bertz CT molecular complexity index is 1360. The topological polar surface area (TPSA) is 59.1 Å². The second-order valence-electron chi connectivity index (χ2n) is 8.85. The summed E-state index contributed by atoms with van der Waals surface area (Å²) in [6, 6.07) is 35.7. The Morgan fingerprint density at radius 1 is 0.667 bits per heavy atom. The highest BCUT2D eigenvalue weighted by molar-refractivity contribution is 6.23. The van der Waals surface area contributed by atoms with Gasteiger partial charge in [-0.3, -0.25) is 14.4 Å². The summed E-state index contributed by atoms with van der Waals surface area (Å²) in [6.45, 7) is 0.465. The second-order valence-corrected chi connectivity index (χ2v) is 8.85. The number of benzene rings is 4. The largest absolute Gasteiger partial charge is 0.489 e. The molecule has 0 aromatic heterocycles. The van der Waals surface area contributed by atoms with Crippen LogP contribution in [0.5, 0.6) is 5.75 Å².